The van der Waals surface area contributed by atoms with Crippen LogP contribution in [-0.4, -0.2) is 14.9 Å². The van der Waals surface area contributed by atoms with Crippen molar-refractivity contribution in [1.82, 2.24) is 9.78 Å². The summed E-state index contributed by atoms with van der Waals surface area (Å²) >= 11 is 0. The first-order chi connectivity index (χ1) is 8.19. The second-order valence-electron chi connectivity index (χ2n) is 4.15. The molecule has 0 fully saturated rings. The fourth-order valence-electron chi connectivity index (χ4n) is 2.05. The highest BCUT2D eigenvalue weighted by Crippen LogP contribution is 2.27. The van der Waals surface area contributed by atoms with E-state index in [9.17, 15) is 5.11 Å². The van der Waals surface area contributed by atoms with Crippen molar-refractivity contribution in [3.63, 3.8) is 0 Å². The number of aromatic nitrogens is 2. The molecule has 2 aromatic rings. The average Bonchev–Trinajstić information content (AvgIpc) is 2.66. The number of benzene rings is 1. The summed E-state index contributed by atoms with van der Waals surface area (Å²) in [6, 6.07) is 8.08. The van der Waals surface area contributed by atoms with Crippen LogP contribution in [0.5, 0.6) is 5.75 Å². The van der Waals surface area contributed by atoms with Crippen LogP contribution in [0.3, 0.4) is 0 Å². The summed E-state index contributed by atoms with van der Waals surface area (Å²) in [7, 11) is 0. The van der Waals surface area contributed by atoms with Gasteiger partial charge in [-0.05, 0) is 31.4 Å². The molecule has 1 aromatic heterocycles. The predicted octanol–water partition coefficient (Wildman–Crippen LogP) is 3.01. The molecule has 3 heteroatoms. The lowest BCUT2D eigenvalue weighted by Gasteiger charge is -2.08. The first-order valence-corrected chi connectivity index (χ1v) is 6.04. The van der Waals surface area contributed by atoms with Crippen molar-refractivity contribution in [1.29, 1.82) is 0 Å². The lowest BCUT2D eigenvalue weighted by molar-refractivity contribution is 0.462. The molecule has 0 saturated carbocycles. The minimum atomic E-state index is 0.346. The smallest absolute Gasteiger partial charge is 0.160 e. The molecule has 0 radical (unpaired) electrons. The summed E-state index contributed by atoms with van der Waals surface area (Å²) in [4.78, 5) is 0. The first-order valence-electron chi connectivity index (χ1n) is 6.04. The lowest BCUT2D eigenvalue weighted by atomic mass is 10.2. The number of aromatic hydroxyl groups is 1. The van der Waals surface area contributed by atoms with Gasteiger partial charge in [0.05, 0.1) is 11.4 Å². The fourth-order valence-corrected chi connectivity index (χ4v) is 2.05. The zero-order valence-corrected chi connectivity index (χ0v) is 10.6. The Morgan fingerprint density at radius 2 is 1.88 bits per heavy atom. The van der Waals surface area contributed by atoms with Crippen molar-refractivity contribution in [3.05, 3.63) is 41.2 Å². The lowest BCUT2D eigenvalue weighted by Crippen LogP contribution is -2.03. The van der Waals surface area contributed by atoms with Gasteiger partial charge in [-0.25, -0.2) is 4.68 Å². The van der Waals surface area contributed by atoms with E-state index >= 15 is 0 Å². The average molecular weight is 230 g/mol. The van der Waals surface area contributed by atoms with Gasteiger partial charge in [-0.1, -0.05) is 32.0 Å². The largest absolute Gasteiger partial charge is 0.504 e. The minimum Gasteiger partial charge on any atom is -0.504 e. The molecule has 0 amide bonds. The normalized spacial score (nSPS) is 10.8. The predicted molar refractivity (Wildman–Crippen MR) is 68.7 cm³/mol. The van der Waals surface area contributed by atoms with Gasteiger partial charge in [-0.3, -0.25) is 0 Å². The van der Waals surface area contributed by atoms with Crippen molar-refractivity contribution < 1.29 is 5.11 Å². The molecule has 0 aliphatic carbocycles. The van der Waals surface area contributed by atoms with E-state index in [2.05, 4.69) is 18.1 Å². The Morgan fingerprint density at radius 3 is 2.47 bits per heavy atom. The van der Waals surface area contributed by atoms with Crippen molar-refractivity contribution in [3.8, 4) is 11.4 Å². The van der Waals surface area contributed by atoms with Crippen LogP contribution < -0.4 is 0 Å². The number of para-hydroxylation sites is 1. The molecule has 3 nitrogen and oxygen atoms in total. The van der Waals surface area contributed by atoms with Gasteiger partial charge in [-0.15, -0.1) is 0 Å². The minimum absolute atomic E-state index is 0.346. The zero-order valence-electron chi connectivity index (χ0n) is 10.6. The number of nitrogens with zero attached hydrogens (tertiary/aromatic N) is 2. The van der Waals surface area contributed by atoms with Crippen molar-refractivity contribution in [2.24, 2.45) is 0 Å². The Morgan fingerprint density at radius 1 is 1.18 bits per heavy atom. The molecule has 0 atom stereocenters. The van der Waals surface area contributed by atoms with Gasteiger partial charge in [0, 0.05) is 0 Å². The maximum Gasteiger partial charge on any atom is 0.160 e. The van der Waals surface area contributed by atoms with E-state index < -0.39 is 0 Å². The third-order valence-electron chi connectivity index (χ3n) is 3.04. The number of aryl methyl sites for hydroxylation is 2. The highest BCUT2D eigenvalue weighted by molar-refractivity contribution is 5.45. The van der Waals surface area contributed by atoms with E-state index in [1.54, 1.807) is 0 Å². The molecule has 0 bridgehead atoms. The molecular formula is C14H18N2O. The first kappa shape index (κ1) is 11.7. The van der Waals surface area contributed by atoms with E-state index in [0.29, 0.717) is 5.75 Å². The molecule has 90 valence electrons. The van der Waals surface area contributed by atoms with E-state index in [-0.39, 0.29) is 0 Å². The van der Waals surface area contributed by atoms with Gasteiger partial charge >= 0.3 is 0 Å². The van der Waals surface area contributed by atoms with Crippen molar-refractivity contribution in [2.45, 2.75) is 33.6 Å². The van der Waals surface area contributed by atoms with Crippen LogP contribution in [0.4, 0.5) is 0 Å². The molecular weight excluding hydrogens is 212 g/mol. The van der Waals surface area contributed by atoms with E-state index in [1.165, 1.54) is 0 Å². The van der Waals surface area contributed by atoms with E-state index in [4.69, 9.17) is 0 Å². The van der Waals surface area contributed by atoms with Gasteiger partial charge < -0.3 is 5.11 Å². The van der Waals surface area contributed by atoms with Crippen LogP contribution in [0.25, 0.3) is 5.69 Å². The Bertz CT molecular complexity index is 529. The highest BCUT2D eigenvalue weighted by Gasteiger charge is 2.16. The van der Waals surface area contributed by atoms with Gasteiger partial charge in [0.1, 0.15) is 5.69 Å². The summed E-state index contributed by atoms with van der Waals surface area (Å²) in [6.07, 6.45) is 1.52. The van der Waals surface area contributed by atoms with E-state index in [1.807, 2.05) is 36.7 Å². The van der Waals surface area contributed by atoms with Gasteiger partial charge in [0.2, 0.25) is 0 Å². The Hall–Kier alpha value is -1.77. The summed E-state index contributed by atoms with van der Waals surface area (Å²) in [5.41, 5.74) is 3.85. The van der Waals surface area contributed by atoms with Gasteiger partial charge in [-0.2, -0.15) is 5.10 Å². The summed E-state index contributed by atoms with van der Waals surface area (Å²) in [5, 5.41) is 14.6. The Labute approximate surface area is 102 Å². The second kappa shape index (κ2) is 4.62. The summed E-state index contributed by atoms with van der Waals surface area (Å²) in [6.45, 7) is 6.09. The topological polar surface area (TPSA) is 38.0 Å². The Balaban J connectivity index is 2.63. The zero-order chi connectivity index (χ0) is 12.4. The quantitative estimate of drug-likeness (QED) is 0.880. The maximum absolute atomic E-state index is 10.1. The van der Waals surface area contributed by atoms with E-state index in [0.717, 1.165) is 35.5 Å². The molecule has 1 aromatic carbocycles. The van der Waals surface area contributed by atoms with Crippen LogP contribution >= 0.6 is 0 Å². The van der Waals surface area contributed by atoms with Crippen molar-refractivity contribution >= 4 is 0 Å². The molecule has 1 heterocycles. The van der Waals surface area contributed by atoms with Gasteiger partial charge in [0.25, 0.3) is 0 Å². The SMILES string of the molecule is CCc1nn(-c2ccccc2C)c(CC)c1O. The van der Waals surface area contributed by atoms with Crippen LogP contribution in [0.2, 0.25) is 0 Å². The van der Waals surface area contributed by atoms with Crippen LogP contribution in [0, 0.1) is 6.92 Å². The number of hydrogen-bond acceptors (Lipinski definition) is 2. The standard InChI is InChI=1S/C14H18N2O/c1-4-11-14(17)12(5-2)16(15-11)13-9-7-6-8-10(13)3/h6-9,17H,4-5H2,1-3H3. The molecule has 0 saturated heterocycles. The molecule has 1 N–H and O–H groups in total. The van der Waals surface area contributed by atoms with Crippen LogP contribution in [0.1, 0.15) is 30.8 Å². The van der Waals surface area contributed by atoms with Crippen LogP contribution in [-0.2, 0) is 12.8 Å². The number of rotatable bonds is 3. The molecule has 0 aliphatic rings. The summed E-state index contributed by atoms with van der Waals surface area (Å²) in [5.74, 6) is 0.346. The van der Waals surface area contributed by atoms with Crippen LogP contribution in [0.15, 0.2) is 24.3 Å². The molecule has 2 rings (SSSR count). The number of hydrogen-bond donors (Lipinski definition) is 1. The molecule has 17 heavy (non-hydrogen) atoms. The third-order valence-corrected chi connectivity index (χ3v) is 3.04. The summed E-state index contributed by atoms with van der Waals surface area (Å²) < 4.78 is 1.86. The monoisotopic (exact) mass is 230 g/mol. The molecule has 0 aliphatic heterocycles. The maximum atomic E-state index is 10.1. The van der Waals surface area contributed by atoms with Crippen molar-refractivity contribution in [2.75, 3.05) is 0 Å². The van der Waals surface area contributed by atoms with Gasteiger partial charge in [0.15, 0.2) is 5.75 Å². The third kappa shape index (κ3) is 1.93. The highest BCUT2D eigenvalue weighted by atomic mass is 16.3. The fraction of sp³-hybridized carbons (Fsp3) is 0.357. The molecule has 0 unspecified atom stereocenters. The second-order valence-corrected chi connectivity index (χ2v) is 4.15. The molecule has 0 spiro atoms. The Kier molecular flexibility index (Phi) is 3.18.